The van der Waals surface area contributed by atoms with E-state index in [2.05, 4.69) is 22.0 Å². The van der Waals surface area contributed by atoms with Crippen LogP contribution >= 0.6 is 15.9 Å². The molecule has 0 saturated heterocycles. The van der Waals surface area contributed by atoms with Gasteiger partial charge in [0.15, 0.2) is 0 Å². The zero-order valence-corrected chi connectivity index (χ0v) is 10.5. The second-order valence-corrected chi connectivity index (χ2v) is 4.95. The molecule has 0 amide bonds. The van der Waals surface area contributed by atoms with Crippen molar-refractivity contribution in [3.8, 4) is 0 Å². The summed E-state index contributed by atoms with van der Waals surface area (Å²) >= 11 is 3.29. The first-order valence-corrected chi connectivity index (χ1v) is 6.30. The molecule has 0 spiro atoms. The van der Waals surface area contributed by atoms with Crippen LogP contribution in [0.1, 0.15) is 37.4 Å². The van der Waals surface area contributed by atoms with Gasteiger partial charge in [0.1, 0.15) is 11.9 Å². The molecular formula is C13H14BrFO. The molecule has 1 atom stereocenters. The number of benzene rings is 1. The quantitative estimate of drug-likeness (QED) is 0.810. The first-order valence-electron chi connectivity index (χ1n) is 5.50. The van der Waals surface area contributed by atoms with Crippen molar-refractivity contribution in [2.45, 2.75) is 31.8 Å². The van der Waals surface area contributed by atoms with Gasteiger partial charge in [-0.2, -0.15) is 0 Å². The van der Waals surface area contributed by atoms with Crippen LogP contribution in [0.5, 0.6) is 0 Å². The lowest BCUT2D eigenvalue weighted by Gasteiger charge is -2.20. The van der Waals surface area contributed by atoms with Crippen LogP contribution in [-0.2, 0) is 0 Å². The van der Waals surface area contributed by atoms with Gasteiger partial charge in [0, 0.05) is 4.47 Å². The lowest BCUT2D eigenvalue weighted by Crippen LogP contribution is -2.05. The van der Waals surface area contributed by atoms with Crippen LogP contribution < -0.4 is 0 Å². The molecule has 2 rings (SSSR count). The van der Waals surface area contributed by atoms with Crippen molar-refractivity contribution < 1.29 is 9.50 Å². The highest BCUT2D eigenvalue weighted by molar-refractivity contribution is 9.10. The Morgan fingerprint density at radius 2 is 2.12 bits per heavy atom. The third kappa shape index (κ3) is 2.53. The maximum atomic E-state index is 12.9. The summed E-state index contributed by atoms with van der Waals surface area (Å²) in [7, 11) is 0. The highest BCUT2D eigenvalue weighted by atomic mass is 79.9. The molecule has 0 heterocycles. The number of halogens is 2. The van der Waals surface area contributed by atoms with Gasteiger partial charge in [-0.1, -0.05) is 28.1 Å². The Morgan fingerprint density at radius 3 is 2.75 bits per heavy atom. The van der Waals surface area contributed by atoms with Crippen LogP contribution in [-0.4, -0.2) is 5.11 Å². The van der Waals surface area contributed by atoms with Crippen molar-refractivity contribution in [2.24, 2.45) is 0 Å². The van der Waals surface area contributed by atoms with E-state index < -0.39 is 6.10 Å². The fourth-order valence-electron chi connectivity index (χ4n) is 2.03. The Bertz CT molecular complexity index is 414. The third-order valence-electron chi connectivity index (χ3n) is 2.93. The molecule has 0 aromatic heterocycles. The summed E-state index contributed by atoms with van der Waals surface area (Å²) in [6, 6.07) is 4.41. The summed E-state index contributed by atoms with van der Waals surface area (Å²) in [5, 5.41) is 10.2. The van der Waals surface area contributed by atoms with E-state index in [1.54, 1.807) is 6.07 Å². The van der Waals surface area contributed by atoms with E-state index in [9.17, 15) is 9.50 Å². The molecule has 1 N–H and O–H groups in total. The molecule has 0 fully saturated rings. The van der Waals surface area contributed by atoms with Crippen molar-refractivity contribution in [2.75, 3.05) is 0 Å². The van der Waals surface area contributed by atoms with E-state index in [1.165, 1.54) is 18.6 Å². The Labute approximate surface area is 103 Å². The molecule has 1 nitrogen and oxygen atoms in total. The smallest absolute Gasteiger partial charge is 0.124 e. The van der Waals surface area contributed by atoms with Crippen LogP contribution in [0.25, 0.3) is 0 Å². The molecule has 1 aromatic carbocycles. The first kappa shape index (κ1) is 11.8. The molecule has 1 aliphatic carbocycles. The SMILES string of the molecule is OC(C1=CCCCC1)c1ccc(F)cc1Br. The Balaban J connectivity index is 2.26. The van der Waals surface area contributed by atoms with Gasteiger partial charge in [-0.15, -0.1) is 0 Å². The van der Waals surface area contributed by atoms with Crippen molar-refractivity contribution in [1.82, 2.24) is 0 Å². The maximum absolute atomic E-state index is 12.9. The normalized spacial score (nSPS) is 18.1. The van der Waals surface area contributed by atoms with Crippen molar-refractivity contribution >= 4 is 15.9 Å². The predicted molar refractivity (Wildman–Crippen MR) is 65.6 cm³/mol. The van der Waals surface area contributed by atoms with Gasteiger partial charge < -0.3 is 5.11 Å². The monoisotopic (exact) mass is 284 g/mol. The van der Waals surface area contributed by atoms with Gasteiger partial charge in [-0.25, -0.2) is 4.39 Å². The fraction of sp³-hybridized carbons (Fsp3) is 0.385. The zero-order valence-electron chi connectivity index (χ0n) is 8.92. The van der Waals surface area contributed by atoms with Gasteiger partial charge in [0.25, 0.3) is 0 Å². The van der Waals surface area contributed by atoms with Crippen LogP contribution in [0.3, 0.4) is 0 Å². The van der Waals surface area contributed by atoms with E-state index in [1.807, 2.05) is 0 Å². The van der Waals surface area contributed by atoms with Crippen LogP contribution in [0.4, 0.5) is 4.39 Å². The lowest BCUT2D eigenvalue weighted by molar-refractivity contribution is 0.207. The topological polar surface area (TPSA) is 20.2 Å². The molecule has 1 aliphatic rings. The Morgan fingerprint density at radius 1 is 1.31 bits per heavy atom. The average Bonchev–Trinajstić information content (AvgIpc) is 2.29. The highest BCUT2D eigenvalue weighted by Crippen LogP contribution is 2.33. The molecule has 16 heavy (non-hydrogen) atoms. The lowest BCUT2D eigenvalue weighted by atomic mass is 9.92. The summed E-state index contributed by atoms with van der Waals surface area (Å²) in [5.74, 6) is -0.291. The largest absolute Gasteiger partial charge is 0.384 e. The molecule has 1 unspecified atom stereocenters. The molecule has 0 radical (unpaired) electrons. The van der Waals surface area contributed by atoms with E-state index in [0.29, 0.717) is 4.47 Å². The summed E-state index contributed by atoms with van der Waals surface area (Å²) < 4.78 is 13.6. The van der Waals surface area contributed by atoms with E-state index in [0.717, 1.165) is 30.4 Å². The molecule has 0 bridgehead atoms. The highest BCUT2D eigenvalue weighted by Gasteiger charge is 2.17. The molecule has 1 aromatic rings. The fourth-order valence-corrected chi connectivity index (χ4v) is 2.60. The molecule has 0 saturated carbocycles. The minimum Gasteiger partial charge on any atom is -0.384 e. The second-order valence-electron chi connectivity index (χ2n) is 4.09. The van der Waals surface area contributed by atoms with Gasteiger partial charge >= 0.3 is 0 Å². The second kappa shape index (κ2) is 5.11. The summed E-state index contributed by atoms with van der Waals surface area (Å²) in [4.78, 5) is 0. The predicted octanol–water partition coefficient (Wildman–Crippen LogP) is 4.12. The summed E-state index contributed by atoms with van der Waals surface area (Å²) in [6.07, 6.45) is 5.79. The number of aliphatic hydroxyl groups excluding tert-OH is 1. The van der Waals surface area contributed by atoms with Crippen LogP contribution in [0.15, 0.2) is 34.3 Å². The molecular weight excluding hydrogens is 271 g/mol. The van der Waals surface area contributed by atoms with E-state index in [4.69, 9.17) is 0 Å². The third-order valence-corrected chi connectivity index (χ3v) is 3.62. The average molecular weight is 285 g/mol. The van der Waals surface area contributed by atoms with Crippen LogP contribution in [0, 0.1) is 5.82 Å². The zero-order chi connectivity index (χ0) is 11.5. The Kier molecular flexibility index (Phi) is 3.77. The minimum atomic E-state index is -0.602. The van der Waals surface area contributed by atoms with Crippen molar-refractivity contribution in [3.63, 3.8) is 0 Å². The van der Waals surface area contributed by atoms with Gasteiger partial charge in [-0.05, 0) is 49.0 Å². The summed E-state index contributed by atoms with van der Waals surface area (Å²) in [6.45, 7) is 0. The van der Waals surface area contributed by atoms with Crippen molar-refractivity contribution in [3.05, 3.63) is 45.7 Å². The van der Waals surface area contributed by atoms with E-state index in [-0.39, 0.29) is 5.82 Å². The molecule has 0 aliphatic heterocycles. The number of rotatable bonds is 2. The number of aliphatic hydroxyl groups is 1. The summed E-state index contributed by atoms with van der Waals surface area (Å²) in [5.41, 5.74) is 1.80. The first-order chi connectivity index (χ1) is 7.68. The van der Waals surface area contributed by atoms with Gasteiger partial charge in [-0.3, -0.25) is 0 Å². The minimum absolute atomic E-state index is 0.291. The van der Waals surface area contributed by atoms with Gasteiger partial charge in [0.2, 0.25) is 0 Å². The molecule has 3 heteroatoms. The van der Waals surface area contributed by atoms with Crippen LogP contribution in [0.2, 0.25) is 0 Å². The molecule has 86 valence electrons. The van der Waals surface area contributed by atoms with E-state index >= 15 is 0 Å². The number of hydrogen-bond acceptors (Lipinski definition) is 1. The Hall–Kier alpha value is -0.670. The van der Waals surface area contributed by atoms with Gasteiger partial charge in [0.05, 0.1) is 0 Å². The number of hydrogen-bond donors (Lipinski definition) is 1. The standard InChI is InChI=1S/C13H14BrFO/c14-12-8-10(15)6-7-11(12)13(16)9-4-2-1-3-5-9/h4,6-8,13,16H,1-3,5H2. The maximum Gasteiger partial charge on any atom is 0.124 e. The van der Waals surface area contributed by atoms with Crippen molar-refractivity contribution in [1.29, 1.82) is 0 Å². The number of allylic oxidation sites excluding steroid dienone is 1.